The number of amides is 4. The number of carbonyl (C=O) groups is 3. The molecule has 0 saturated carbocycles. The summed E-state index contributed by atoms with van der Waals surface area (Å²) in [5.41, 5.74) is 0.536. The molecular formula is C12H12BrN3O3. The smallest absolute Gasteiger partial charge is 0.322 e. The van der Waals surface area contributed by atoms with Crippen LogP contribution >= 0.6 is 15.9 Å². The number of carbonyl (C=O) groups excluding carboxylic acids is 3. The Balaban J connectivity index is 1.81. The second-order valence-corrected chi connectivity index (χ2v) is 4.99. The second kappa shape index (κ2) is 5.83. The standard InChI is InChI=1S/C12H12BrN3O3/c13-8-3-1-2-7(6-8)10(17)14-5-4-9-11(18)16-12(19)15-9/h1-3,6,9H,4-5H2,(H,14,17)(H2,15,16,18,19). The number of halogens is 1. The first-order valence-electron chi connectivity index (χ1n) is 5.71. The van der Waals surface area contributed by atoms with Crippen LogP contribution in [0.3, 0.4) is 0 Å². The lowest BCUT2D eigenvalue weighted by Crippen LogP contribution is -2.34. The Labute approximate surface area is 118 Å². The fourth-order valence-corrected chi connectivity index (χ4v) is 2.12. The summed E-state index contributed by atoms with van der Waals surface area (Å²) in [5.74, 6) is -0.576. The van der Waals surface area contributed by atoms with Crippen LogP contribution in [0.2, 0.25) is 0 Å². The molecule has 1 fully saturated rings. The lowest BCUT2D eigenvalue weighted by atomic mass is 10.2. The van der Waals surface area contributed by atoms with E-state index in [0.29, 0.717) is 18.5 Å². The number of imide groups is 1. The zero-order valence-corrected chi connectivity index (χ0v) is 11.5. The van der Waals surface area contributed by atoms with Gasteiger partial charge in [0.15, 0.2) is 0 Å². The lowest BCUT2D eigenvalue weighted by Gasteiger charge is -2.08. The number of benzene rings is 1. The van der Waals surface area contributed by atoms with Crippen LogP contribution < -0.4 is 16.0 Å². The van der Waals surface area contributed by atoms with Crippen molar-refractivity contribution in [2.75, 3.05) is 6.54 Å². The molecule has 0 bridgehead atoms. The van der Waals surface area contributed by atoms with Crippen molar-refractivity contribution in [1.82, 2.24) is 16.0 Å². The van der Waals surface area contributed by atoms with Gasteiger partial charge < -0.3 is 10.6 Å². The molecule has 4 amide bonds. The van der Waals surface area contributed by atoms with E-state index in [9.17, 15) is 14.4 Å². The highest BCUT2D eigenvalue weighted by Gasteiger charge is 2.28. The Morgan fingerprint density at radius 1 is 1.37 bits per heavy atom. The summed E-state index contributed by atoms with van der Waals surface area (Å²) in [6, 6.07) is 5.94. The number of urea groups is 1. The second-order valence-electron chi connectivity index (χ2n) is 4.07. The third kappa shape index (κ3) is 3.54. The minimum atomic E-state index is -0.574. The van der Waals surface area contributed by atoms with Crippen molar-refractivity contribution in [3.63, 3.8) is 0 Å². The third-order valence-corrected chi connectivity index (χ3v) is 3.16. The Kier molecular flexibility index (Phi) is 4.16. The van der Waals surface area contributed by atoms with Gasteiger partial charge in [-0.1, -0.05) is 22.0 Å². The number of rotatable bonds is 4. The lowest BCUT2D eigenvalue weighted by molar-refractivity contribution is -0.120. The molecule has 1 aromatic rings. The van der Waals surface area contributed by atoms with Crippen LogP contribution in [0.4, 0.5) is 4.79 Å². The number of nitrogens with one attached hydrogen (secondary N) is 3. The van der Waals surface area contributed by atoms with Crippen LogP contribution in [0.1, 0.15) is 16.8 Å². The maximum atomic E-state index is 11.8. The van der Waals surface area contributed by atoms with Crippen LogP contribution in [0.5, 0.6) is 0 Å². The summed E-state index contributed by atoms with van der Waals surface area (Å²) in [5, 5.41) is 7.30. The van der Waals surface area contributed by atoms with Crippen LogP contribution in [-0.2, 0) is 4.79 Å². The van der Waals surface area contributed by atoms with Crippen LogP contribution in [0.15, 0.2) is 28.7 Å². The minimum Gasteiger partial charge on any atom is -0.352 e. The molecule has 0 radical (unpaired) electrons. The summed E-state index contributed by atoms with van der Waals surface area (Å²) in [7, 11) is 0. The highest BCUT2D eigenvalue weighted by Crippen LogP contribution is 2.11. The topological polar surface area (TPSA) is 87.3 Å². The van der Waals surface area contributed by atoms with E-state index in [1.54, 1.807) is 18.2 Å². The van der Waals surface area contributed by atoms with Gasteiger partial charge in [-0.05, 0) is 24.6 Å². The number of hydrogen-bond acceptors (Lipinski definition) is 3. The van der Waals surface area contributed by atoms with Gasteiger partial charge in [-0.2, -0.15) is 0 Å². The van der Waals surface area contributed by atoms with E-state index < -0.39 is 12.1 Å². The van der Waals surface area contributed by atoms with E-state index in [-0.39, 0.29) is 11.8 Å². The Morgan fingerprint density at radius 2 is 2.16 bits per heavy atom. The molecule has 1 saturated heterocycles. The molecule has 1 heterocycles. The normalized spacial score (nSPS) is 17.8. The predicted octanol–water partition coefficient (Wildman–Crippen LogP) is 0.777. The summed E-state index contributed by atoms with van der Waals surface area (Å²) in [6.07, 6.45) is 0.358. The zero-order valence-electron chi connectivity index (χ0n) is 9.90. The summed E-state index contributed by atoms with van der Waals surface area (Å²) in [6.45, 7) is 0.309. The highest BCUT2D eigenvalue weighted by atomic mass is 79.9. The molecule has 2 rings (SSSR count). The van der Waals surface area contributed by atoms with Crippen molar-refractivity contribution >= 4 is 33.8 Å². The summed E-state index contributed by atoms with van der Waals surface area (Å²) < 4.78 is 0.822. The van der Waals surface area contributed by atoms with Crippen molar-refractivity contribution < 1.29 is 14.4 Å². The average molecular weight is 326 g/mol. The molecule has 1 aliphatic rings. The molecule has 1 unspecified atom stereocenters. The fraction of sp³-hybridized carbons (Fsp3) is 0.250. The van der Waals surface area contributed by atoms with E-state index in [1.165, 1.54) is 0 Å². The Morgan fingerprint density at radius 3 is 2.79 bits per heavy atom. The quantitative estimate of drug-likeness (QED) is 0.715. The summed E-state index contributed by atoms with van der Waals surface area (Å²) in [4.78, 5) is 33.9. The van der Waals surface area contributed by atoms with Gasteiger partial charge in [0.05, 0.1) is 0 Å². The molecular weight excluding hydrogens is 314 g/mol. The predicted molar refractivity (Wildman–Crippen MR) is 71.6 cm³/mol. The summed E-state index contributed by atoms with van der Waals surface area (Å²) >= 11 is 3.29. The number of hydrogen-bond donors (Lipinski definition) is 3. The first-order chi connectivity index (χ1) is 9.06. The molecule has 1 atom stereocenters. The van der Waals surface area contributed by atoms with E-state index in [1.807, 2.05) is 6.07 Å². The van der Waals surface area contributed by atoms with Gasteiger partial charge in [0.25, 0.3) is 11.8 Å². The molecule has 1 aromatic carbocycles. The third-order valence-electron chi connectivity index (χ3n) is 2.66. The molecule has 0 spiro atoms. The van der Waals surface area contributed by atoms with Crippen molar-refractivity contribution in [3.05, 3.63) is 34.3 Å². The maximum Gasteiger partial charge on any atom is 0.322 e. The van der Waals surface area contributed by atoms with E-state index >= 15 is 0 Å². The molecule has 7 heteroatoms. The molecule has 6 nitrogen and oxygen atoms in total. The van der Waals surface area contributed by atoms with Crippen LogP contribution in [0, 0.1) is 0 Å². The van der Waals surface area contributed by atoms with Gasteiger partial charge in [-0.3, -0.25) is 14.9 Å². The molecule has 0 aliphatic carbocycles. The molecule has 100 valence electrons. The molecule has 0 aromatic heterocycles. The minimum absolute atomic E-state index is 0.217. The largest absolute Gasteiger partial charge is 0.352 e. The molecule has 19 heavy (non-hydrogen) atoms. The van der Waals surface area contributed by atoms with Gasteiger partial charge in [-0.15, -0.1) is 0 Å². The highest BCUT2D eigenvalue weighted by molar-refractivity contribution is 9.10. The first kappa shape index (κ1) is 13.5. The fourth-order valence-electron chi connectivity index (χ4n) is 1.72. The van der Waals surface area contributed by atoms with Crippen molar-refractivity contribution in [2.45, 2.75) is 12.5 Å². The van der Waals surface area contributed by atoms with Gasteiger partial charge in [-0.25, -0.2) is 4.79 Å². The Hall–Kier alpha value is -1.89. The molecule has 3 N–H and O–H groups in total. The SMILES string of the molecule is O=C1NC(=O)C(CCNC(=O)c2cccc(Br)c2)N1. The van der Waals surface area contributed by atoms with Gasteiger partial charge in [0, 0.05) is 16.6 Å². The van der Waals surface area contributed by atoms with E-state index in [2.05, 4.69) is 31.9 Å². The van der Waals surface area contributed by atoms with Crippen molar-refractivity contribution in [3.8, 4) is 0 Å². The van der Waals surface area contributed by atoms with Crippen LogP contribution in [0.25, 0.3) is 0 Å². The first-order valence-corrected chi connectivity index (χ1v) is 6.50. The van der Waals surface area contributed by atoms with Crippen molar-refractivity contribution in [2.24, 2.45) is 0 Å². The van der Waals surface area contributed by atoms with Crippen LogP contribution in [-0.4, -0.2) is 30.4 Å². The zero-order chi connectivity index (χ0) is 13.8. The van der Waals surface area contributed by atoms with Gasteiger partial charge in [0.2, 0.25) is 0 Å². The van der Waals surface area contributed by atoms with E-state index in [4.69, 9.17) is 0 Å². The Bertz CT molecular complexity index is 533. The monoisotopic (exact) mass is 325 g/mol. The average Bonchev–Trinajstić information content (AvgIpc) is 2.68. The maximum absolute atomic E-state index is 11.8. The van der Waals surface area contributed by atoms with E-state index in [0.717, 1.165) is 4.47 Å². The molecule has 1 aliphatic heterocycles. The van der Waals surface area contributed by atoms with Gasteiger partial charge >= 0.3 is 6.03 Å². The van der Waals surface area contributed by atoms with Crippen molar-refractivity contribution in [1.29, 1.82) is 0 Å². The van der Waals surface area contributed by atoms with Gasteiger partial charge in [0.1, 0.15) is 6.04 Å².